The second-order valence-electron chi connectivity index (χ2n) is 2.54. The second-order valence-corrected chi connectivity index (χ2v) is 3.50. The fraction of sp³-hybridized carbons (Fsp3) is 0.333. The molecule has 4 nitrogen and oxygen atoms in total. The third kappa shape index (κ3) is 0.971. The van der Waals surface area contributed by atoms with Gasteiger partial charge in [0.15, 0.2) is 0 Å². The van der Waals surface area contributed by atoms with Crippen molar-refractivity contribution in [2.24, 2.45) is 0 Å². The van der Waals surface area contributed by atoms with Gasteiger partial charge in [-0.15, -0.1) is 0 Å². The SMILES string of the molecule is O=C1OCCc2nc[n]([AlH2])c21. The smallest absolute Gasteiger partial charge is 0.372 e. The summed E-state index contributed by atoms with van der Waals surface area (Å²) in [5.41, 5.74) is 1.54. The molecule has 0 amide bonds. The normalized spacial score (nSPS) is 15.8. The molecule has 56 valence electrons. The lowest BCUT2D eigenvalue weighted by Crippen LogP contribution is -2.20. The summed E-state index contributed by atoms with van der Waals surface area (Å²) < 4.78 is 6.70. The highest BCUT2D eigenvalue weighted by Crippen LogP contribution is 2.13. The Labute approximate surface area is 71.8 Å². The zero-order chi connectivity index (χ0) is 7.84. The van der Waals surface area contributed by atoms with E-state index < -0.39 is 0 Å². The Balaban J connectivity index is 2.56. The van der Waals surface area contributed by atoms with Gasteiger partial charge in [-0.25, -0.2) is 9.78 Å². The Morgan fingerprint density at radius 1 is 1.73 bits per heavy atom. The minimum Gasteiger partial charge on any atom is -0.461 e. The van der Waals surface area contributed by atoms with Crippen LogP contribution < -0.4 is 0 Å². The molecule has 0 aromatic carbocycles. The van der Waals surface area contributed by atoms with Gasteiger partial charge in [0.05, 0.1) is 18.6 Å². The number of imidazole rings is 1. The van der Waals surface area contributed by atoms with E-state index in [0.717, 1.165) is 28.6 Å². The first-order valence-electron chi connectivity index (χ1n) is 3.46. The summed E-state index contributed by atoms with van der Waals surface area (Å²) in [4.78, 5) is 15.2. The van der Waals surface area contributed by atoms with E-state index in [2.05, 4.69) is 4.98 Å². The molecular weight excluding hydrogens is 159 g/mol. The third-order valence-corrected chi connectivity index (χ3v) is 2.46. The molecule has 0 bridgehead atoms. The molecule has 0 atom stereocenters. The molecule has 11 heavy (non-hydrogen) atoms. The highest BCUT2D eigenvalue weighted by molar-refractivity contribution is 6.10. The molecule has 0 aliphatic carbocycles. The van der Waals surface area contributed by atoms with Crippen molar-refractivity contribution in [3.05, 3.63) is 17.7 Å². The predicted molar refractivity (Wildman–Crippen MR) is 40.2 cm³/mol. The van der Waals surface area contributed by atoms with Gasteiger partial charge in [0.25, 0.3) is 0 Å². The zero-order valence-corrected chi connectivity index (χ0v) is 8.20. The summed E-state index contributed by atoms with van der Waals surface area (Å²) in [6.07, 6.45) is 2.46. The fourth-order valence-electron chi connectivity index (χ4n) is 1.23. The number of hydrogen-bond acceptors (Lipinski definition) is 3. The number of carbonyl (C=O) groups is 1. The quantitative estimate of drug-likeness (QED) is 0.366. The number of esters is 1. The predicted octanol–water partition coefficient (Wildman–Crippen LogP) is -1.01. The van der Waals surface area contributed by atoms with Crippen LogP contribution in [0.5, 0.6) is 0 Å². The maximum absolute atomic E-state index is 11.1. The number of ether oxygens (including phenoxy) is 1. The van der Waals surface area contributed by atoms with E-state index >= 15 is 0 Å². The lowest BCUT2D eigenvalue weighted by atomic mass is 10.2. The molecule has 0 fully saturated rings. The summed E-state index contributed by atoms with van der Waals surface area (Å²) in [6.45, 7) is 0.477. The highest BCUT2D eigenvalue weighted by atomic mass is 27.1. The van der Waals surface area contributed by atoms with Crippen LogP contribution in [0, 0.1) is 0 Å². The standard InChI is InChI=1S/C6H6N2O2.Al.2H/c9-6-5-4(1-2-10-6)7-3-8-5;;;/h3H,1-2H2,(H,7,8,9);;;/q;+1;;/p-1. The number of hydrogen-bond donors (Lipinski definition) is 0. The Morgan fingerprint density at radius 2 is 2.55 bits per heavy atom. The molecule has 2 rings (SSSR count). The largest absolute Gasteiger partial charge is 0.461 e. The van der Waals surface area contributed by atoms with Crippen LogP contribution in [0.2, 0.25) is 0 Å². The summed E-state index contributed by atoms with van der Waals surface area (Å²) in [5, 5.41) is 0. The van der Waals surface area contributed by atoms with E-state index in [-0.39, 0.29) is 5.97 Å². The zero-order valence-electron chi connectivity index (χ0n) is 6.20. The van der Waals surface area contributed by atoms with Crippen molar-refractivity contribution in [3.63, 3.8) is 0 Å². The van der Waals surface area contributed by atoms with Gasteiger partial charge in [0, 0.05) is 6.42 Å². The van der Waals surface area contributed by atoms with Crippen LogP contribution >= 0.6 is 0 Å². The van der Waals surface area contributed by atoms with E-state index in [1.165, 1.54) is 0 Å². The molecule has 1 aromatic heterocycles. The van der Waals surface area contributed by atoms with E-state index in [4.69, 9.17) is 4.74 Å². The molecular formula is C6H7AlN2O2. The van der Waals surface area contributed by atoms with Crippen molar-refractivity contribution in [2.45, 2.75) is 6.42 Å². The summed E-state index contributed by atoms with van der Waals surface area (Å²) in [6, 6.07) is 0. The van der Waals surface area contributed by atoms with E-state index in [0.29, 0.717) is 12.3 Å². The minimum atomic E-state index is -0.223. The first kappa shape index (κ1) is 6.89. The van der Waals surface area contributed by atoms with Crippen LogP contribution in [0.3, 0.4) is 0 Å². The third-order valence-electron chi connectivity index (χ3n) is 1.78. The van der Waals surface area contributed by atoms with Crippen molar-refractivity contribution >= 4 is 22.5 Å². The van der Waals surface area contributed by atoms with Crippen LogP contribution in [0.1, 0.15) is 16.2 Å². The van der Waals surface area contributed by atoms with Gasteiger partial charge in [0.1, 0.15) is 5.69 Å². The van der Waals surface area contributed by atoms with Crippen LogP contribution in [-0.4, -0.2) is 37.6 Å². The average molecular weight is 166 g/mol. The van der Waals surface area contributed by atoms with Gasteiger partial charge >= 0.3 is 22.5 Å². The molecule has 0 spiro atoms. The van der Waals surface area contributed by atoms with E-state index in [1.807, 2.05) is 3.55 Å². The van der Waals surface area contributed by atoms with Gasteiger partial charge in [-0.1, -0.05) is 0 Å². The Kier molecular flexibility index (Phi) is 1.48. The Morgan fingerprint density at radius 3 is 3.27 bits per heavy atom. The number of cyclic esters (lactones) is 1. The molecule has 0 N–H and O–H groups in total. The lowest BCUT2D eigenvalue weighted by Gasteiger charge is -2.11. The first-order chi connectivity index (χ1) is 5.29. The Hall–Kier alpha value is -0.788. The Bertz CT molecular complexity index is 308. The molecule has 0 saturated heterocycles. The topological polar surface area (TPSA) is 44.1 Å². The van der Waals surface area contributed by atoms with Crippen LogP contribution in [0.4, 0.5) is 0 Å². The summed E-state index contributed by atoms with van der Waals surface area (Å²) in [5.74, 6) is -0.223. The minimum absolute atomic E-state index is 0.223. The number of aromatic nitrogens is 2. The van der Waals surface area contributed by atoms with Crippen molar-refractivity contribution in [1.82, 2.24) is 8.53 Å². The molecule has 5 heteroatoms. The number of nitrogens with zero attached hydrogens (tertiary/aromatic N) is 2. The van der Waals surface area contributed by atoms with E-state index in [9.17, 15) is 4.79 Å². The lowest BCUT2D eigenvalue weighted by molar-refractivity contribution is 0.0470. The summed E-state index contributed by atoms with van der Waals surface area (Å²) in [7, 11) is 0. The summed E-state index contributed by atoms with van der Waals surface area (Å²) >= 11 is 0.786. The van der Waals surface area contributed by atoms with Gasteiger partial charge in [-0.3, -0.25) is 0 Å². The van der Waals surface area contributed by atoms with E-state index in [1.54, 1.807) is 6.33 Å². The van der Waals surface area contributed by atoms with Gasteiger partial charge in [0.2, 0.25) is 0 Å². The van der Waals surface area contributed by atoms with Gasteiger partial charge in [-0.2, -0.15) is 0 Å². The maximum Gasteiger partial charge on any atom is 0.372 e. The van der Waals surface area contributed by atoms with Crippen LogP contribution in [0.25, 0.3) is 0 Å². The molecule has 0 radical (unpaired) electrons. The number of carbonyl (C=O) groups excluding carboxylic acids is 1. The fourth-order valence-corrected chi connectivity index (χ4v) is 1.79. The van der Waals surface area contributed by atoms with Crippen molar-refractivity contribution in [3.8, 4) is 0 Å². The molecule has 2 heterocycles. The monoisotopic (exact) mass is 166 g/mol. The first-order valence-corrected chi connectivity index (χ1v) is 4.36. The molecule has 0 saturated carbocycles. The van der Waals surface area contributed by atoms with Crippen LogP contribution in [-0.2, 0) is 11.2 Å². The highest BCUT2D eigenvalue weighted by Gasteiger charge is 2.21. The van der Waals surface area contributed by atoms with Crippen molar-refractivity contribution in [1.29, 1.82) is 0 Å². The average Bonchev–Trinajstić information content (AvgIpc) is 2.34. The van der Waals surface area contributed by atoms with Crippen LogP contribution in [0.15, 0.2) is 6.33 Å². The molecule has 1 aromatic rings. The molecule has 0 unspecified atom stereocenters. The second kappa shape index (κ2) is 2.36. The molecule has 1 aliphatic rings. The molecule has 1 aliphatic heterocycles. The maximum atomic E-state index is 11.1. The number of rotatable bonds is 0. The van der Waals surface area contributed by atoms with Gasteiger partial charge in [-0.05, 0) is 0 Å². The van der Waals surface area contributed by atoms with Gasteiger partial charge < -0.3 is 8.29 Å². The number of fused-ring (bicyclic) bond motifs is 1. The van der Waals surface area contributed by atoms with Crippen molar-refractivity contribution < 1.29 is 9.53 Å². The van der Waals surface area contributed by atoms with Crippen molar-refractivity contribution in [2.75, 3.05) is 6.61 Å².